The van der Waals surface area contributed by atoms with Gasteiger partial charge in [-0.15, -0.1) is 0 Å². The van der Waals surface area contributed by atoms with E-state index in [1.807, 2.05) is 24.3 Å². The Morgan fingerprint density at radius 2 is 1.50 bits per heavy atom. The van der Waals surface area contributed by atoms with Crippen LogP contribution in [-0.4, -0.2) is 5.84 Å². The first kappa shape index (κ1) is 14.1. The fraction of sp³-hybridized carbons (Fsp3) is 0.235. The van der Waals surface area contributed by atoms with Crippen molar-refractivity contribution in [3.63, 3.8) is 0 Å². The highest BCUT2D eigenvalue weighted by Crippen LogP contribution is 2.15. The predicted octanol–water partition coefficient (Wildman–Crippen LogP) is 3.31. The maximum absolute atomic E-state index is 7.26. The first-order valence-corrected chi connectivity index (χ1v) is 6.80. The summed E-state index contributed by atoms with van der Waals surface area (Å²) in [6.07, 6.45) is 1.54. The predicted molar refractivity (Wildman–Crippen MR) is 82.2 cm³/mol. The van der Waals surface area contributed by atoms with E-state index in [2.05, 4.69) is 31.2 Å². The number of nitrogens with one attached hydrogen (secondary N) is 1. The van der Waals surface area contributed by atoms with Gasteiger partial charge in [-0.1, -0.05) is 43.3 Å². The van der Waals surface area contributed by atoms with E-state index in [4.69, 9.17) is 15.9 Å². The number of rotatable bonds is 6. The lowest BCUT2D eigenvalue weighted by molar-refractivity contribution is 0.306. The molecule has 2 aromatic carbocycles. The Bertz CT molecular complexity index is 559. The lowest BCUT2D eigenvalue weighted by Gasteiger charge is -2.08. The fourth-order valence-corrected chi connectivity index (χ4v) is 1.96. The molecule has 3 nitrogen and oxygen atoms in total. The number of aryl methyl sites for hydroxylation is 1. The summed E-state index contributed by atoms with van der Waals surface area (Å²) in [5.41, 5.74) is 8.90. The largest absolute Gasteiger partial charge is 0.489 e. The van der Waals surface area contributed by atoms with E-state index in [1.54, 1.807) is 0 Å². The summed E-state index contributed by atoms with van der Waals surface area (Å²) in [4.78, 5) is 0. The van der Waals surface area contributed by atoms with Crippen molar-refractivity contribution >= 4 is 5.84 Å². The third-order valence-corrected chi connectivity index (χ3v) is 3.15. The summed E-state index contributed by atoms with van der Waals surface area (Å²) >= 11 is 0. The third kappa shape index (κ3) is 4.12. The molecule has 0 bridgehead atoms. The molecule has 0 atom stereocenters. The fourth-order valence-electron chi connectivity index (χ4n) is 1.96. The highest BCUT2D eigenvalue weighted by molar-refractivity contribution is 5.79. The molecule has 0 aromatic heterocycles. The summed E-state index contributed by atoms with van der Waals surface area (Å²) in [5.74, 6) is 1.01. The van der Waals surface area contributed by atoms with E-state index in [0.717, 1.165) is 23.3 Å². The third-order valence-electron chi connectivity index (χ3n) is 3.15. The molecule has 20 heavy (non-hydrogen) atoms. The summed E-state index contributed by atoms with van der Waals surface area (Å²) in [6.45, 7) is 2.71. The zero-order valence-corrected chi connectivity index (χ0v) is 11.7. The van der Waals surface area contributed by atoms with Crippen LogP contribution in [0.5, 0.6) is 5.75 Å². The van der Waals surface area contributed by atoms with E-state index >= 15 is 0 Å². The van der Waals surface area contributed by atoms with E-state index in [9.17, 15) is 0 Å². The van der Waals surface area contributed by atoms with E-state index in [0.29, 0.717) is 13.0 Å². The van der Waals surface area contributed by atoms with Crippen molar-refractivity contribution in [2.75, 3.05) is 0 Å². The monoisotopic (exact) mass is 268 g/mol. The highest BCUT2D eigenvalue weighted by Gasteiger charge is 1.99. The summed E-state index contributed by atoms with van der Waals surface area (Å²) in [6, 6.07) is 16.2. The molecule has 3 heteroatoms. The van der Waals surface area contributed by atoms with Crippen molar-refractivity contribution in [2.45, 2.75) is 26.4 Å². The average molecular weight is 268 g/mol. The van der Waals surface area contributed by atoms with Crippen LogP contribution in [0, 0.1) is 5.41 Å². The molecule has 3 N–H and O–H groups in total. The molecule has 0 aliphatic heterocycles. The molecule has 0 saturated carbocycles. The van der Waals surface area contributed by atoms with Gasteiger partial charge in [0.05, 0.1) is 5.84 Å². The first-order valence-electron chi connectivity index (χ1n) is 6.80. The van der Waals surface area contributed by atoms with E-state index in [1.165, 1.54) is 5.56 Å². The standard InChI is InChI=1S/C17H20N2O/c1-2-13-3-5-15(6-4-13)12-20-16-9-7-14(8-10-16)11-17(18)19/h3-10H,2,11-12H2,1H3,(H3,18,19). The summed E-state index contributed by atoms with van der Waals surface area (Å²) < 4.78 is 5.74. The van der Waals surface area contributed by atoms with Crippen LogP contribution in [-0.2, 0) is 19.4 Å². The van der Waals surface area contributed by atoms with Crippen LogP contribution >= 0.6 is 0 Å². The Morgan fingerprint density at radius 3 is 2.05 bits per heavy atom. The molecule has 104 valence electrons. The Labute approximate surface area is 119 Å². The van der Waals surface area contributed by atoms with Gasteiger partial charge in [-0.25, -0.2) is 0 Å². The molecule has 0 aliphatic rings. The second-order valence-corrected chi connectivity index (χ2v) is 4.80. The normalized spacial score (nSPS) is 10.2. The number of hydrogen-bond acceptors (Lipinski definition) is 2. The van der Waals surface area contributed by atoms with E-state index in [-0.39, 0.29) is 5.84 Å². The molecule has 0 spiro atoms. The summed E-state index contributed by atoms with van der Waals surface area (Å²) in [5, 5.41) is 7.26. The van der Waals surface area contributed by atoms with Gasteiger partial charge in [0.2, 0.25) is 0 Å². The lowest BCUT2D eigenvalue weighted by Crippen LogP contribution is -2.12. The maximum Gasteiger partial charge on any atom is 0.119 e. The number of amidine groups is 1. The molecule has 0 radical (unpaired) electrons. The zero-order chi connectivity index (χ0) is 14.4. The average Bonchev–Trinajstić information content (AvgIpc) is 2.46. The van der Waals surface area contributed by atoms with Gasteiger partial charge in [0, 0.05) is 6.42 Å². The van der Waals surface area contributed by atoms with Crippen molar-refractivity contribution < 1.29 is 4.74 Å². The number of nitrogens with two attached hydrogens (primary N) is 1. The SMILES string of the molecule is CCc1ccc(COc2ccc(CC(=N)N)cc2)cc1. The number of ether oxygens (including phenoxy) is 1. The minimum absolute atomic E-state index is 0.176. The molecule has 2 rings (SSSR count). The lowest BCUT2D eigenvalue weighted by atomic mass is 10.1. The van der Waals surface area contributed by atoms with Crippen LogP contribution in [0.4, 0.5) is 0 Å². The van der Waals surface area contributed by atoms with E-state index < -0.39 is 0 Å². The molecular weight excluding hydrogens is 248 g/mol. The van der Waals surface area contributed by atoms with Crippen molar-refractivity contribution in [1.82, 2.24) is 0 Å². The molecule has 0 saturated heterocycles. The van der Waals surface area contributed by atoms with Gasteiger partial charge in [-0.2, -0.15) is 0 Å². The minimum Gasteiger partial charge on any atom is -0.489 e. The zero-order valence-electron chi connectivity index (χ0n) is 11.7. The Balaban J connectivity index is 1.91. The molecule has 0 aliphatic carbocycles. The van der Waals surface area contributed by atoms with Crippen LogP contribution < -0.4 is 10.5 Å². The van der Waals surface area contributed by atoms with Gasteiger partial charge in [0.1, 0.15) is 12.4 Å². The molecule has 0 heterocycles. The highest BCUT2D eigenvalue weighted by atomic mass is 16.5. The molecule has 0 fully saturated rings. The number of hydrogen-bond donors (Lipinski definition) is 2. The smallest absolute Gasteiger partial charge is 0.119 e. The van der Waals surface area contributed by atoms with Crippen LogP contribution in [0.25, 0.3) is 0 Å². The Morgan fingerprint density at radius 1 is 0.950 bits per heavy atom. The Kier molecular flexibility index (Phi) is 4.77. The van der Waals surface area contributed by atoms with Crippen LogP contribution in [0.1, 0.15) is 23.6 Å². The minimum atomic E-state index is 0.176. The van der Waals surface area contributed by atoms with Crippen LogP contribution in [0.15, 0.2) is 48.5 Å². The second kappa shape index (κ2) is 6.75. The Hall–Kier alpha value is -2.29. The van der Waals surface area contributed by atoms with Crippen molar-refractivity contribution in [3.05, 3.63) is 65.2 Å². The van der Waals surface area contributed by atoms with Gasteiger partial charge < -0.3 is 10.5 Å². The molecule has 0 amide bonds. The van der Waals surface area contributed by atoms with Crippen molar-refractivity contribution in [3.8, 4) is 5.75 Å². The summed E-state index contributed by atoms with van der Waals surface area (Å²) in [7, 11) is 0. The first-order chi connectivity index (χ1) is 9.67. The maximum atomic E-state index is 7.26. The molecular formula is C17H20N2O. The second-order valence-electron chi connectivity index (χ2n) is 4.80. The molecule has 0 unspecified atom stereocenters. The van der Waals surface area contributed by atoms with Gasteiger partial charge >= 0.3 is 0 Å². The van der Waals surface area contributed by atoms with Crippen LogP contribution in [0.3, 0.4) is 0 Å². The quantitative estimate of drug-likeness (QED) is 0.623. The number of benzene rings is 2. The van der Waals surface area contributed by atoms with Crippen LogP contribution in [0.2, 0.25) is 0 Å². The van der Waals surface area contributed by atoms with Crippen molar-refractivity contribution in [2.24, 2.45) is 5.73 Å². The van der Waals surface area contributed by atoms with Gasteiger partial charge in [-0.3, -0.25) is 5.41 Å². The van der Waals surface area contributed by atoms with Gasteiger partial charge in [-0.05, 0) is 35.2 Å². The topological polar surface area (TPSA) is 59.1 Å². The van der Waals surface area contributed by atoms with Gasteiger partial charge in [0.25, 0.3) is 0 Å². The molecule has 2 aromatic rings. The van der Waals surface area contributed by atoms with Gasteiger partial charge in [0.15, 0.2) is 0 Å². The van der Waals surface area contributed by atoms with Crippen molar-refractivity contribution in [1.29, 1.82) is 5.41 Å².